The van der Waals surface area contributed by atoms with Crippen molar-refractivity contribution in [2.75, 3.05) is 11.4 Å². The van der Waals surface area contributed by atoms with Crippen LogP contribution in [0.3, 0.4) is 0 Å². The van der Waals surface area contributed by atoms with Gasteiger partial charge in [-0.25, -0.2) is 9.37 Å². The fourth-order valence-corrected chi connectivity index (χ4v) is 3.51. The maximum absolute atomic E-state index is 14.3. The first kappa shape index (κ1) is 11.9. The Bertz CT molecular complexity index is 438. The van der Waals surface area contributed by atoms with Crippen LogP contribution in [0.15, 0.2) is 12.3 Å². The summed E-state index contributed by atoms with van der Waals surface area (Å²) in [6, 6.07) is 2.00. The summed E-state index contributed by atoms with van der Waals surface area (Å²) in [5.74, 6) is 0.809. The number of aromatic nitrogens is 1. The largest absolute Gasteiger partial charge is 0.392 e. The predicted octanol–water partition coefficient (Wildman–Crippen LogP) is 2.48. The van der Waals surface area contributed by atoms with Gasteiger partial charge in [-0.3, -0.25) is 0 Å². The third-order valence-corrected chi connectivity index (χ3v) is 4.39. The van der Waals surface area contributed by atoms with E-state index in [1.165, 1.54) is 19.3 Å². The number of anilines is 1. The number of nitrogens with zero attached hydrogens (tertiary/aromatic N) is 2. The van der Waals surface area contributed by atoms with Gasteiger partial charge >= 0.3 is 0 Å². The van der Waals surface area contributed by atoms with E-state index in [0.717, 1.165) is 19.4 Å². The van der Waals surface area contributed by atoms with Crippen LogP contribution in [0, 0.1) is 11.7 Å². The highest BCUT2D eigenvalue weighted by Gasteiger charge is 2.36. The standard InChI is InChI=1S/C14H19FN2O/c15-13-11(9-18)6-7-16-14(13)17-8-2-4-10-3-1-5-12(10)17/h6-7,10,12,18H,1-5,8-9H2. The number of aliphatic hydroxyl groups excluding tert-OH is 1. The van der Waals surface area contributed by atoms with Gasteiger partial charge in [-0.05, 0) is 37.7 Å². The van der Waals surface area contributed by atoms with Gasteiger partial charge in [0, 0.05) is 24.3 Å². The van der Waals surface area contributed by atoms with Crippen molar-refractivity contribution in [3.8, 4) is 0 Å². The fraction of sp³-hybridized carbons (Fsp3) is 0.643. The van der Waals surface area contributed by atoms with Gasteiger partial charge in [0.15, 0.2) is 11.6 Å². The quantitative estimate of drug-likeness (QED) is 0.876. The van der Waals surface area contributed by atoms with Crippen molar-refractivity contribution in [2.24, 2.45) is 5.92 Å². The van der Waals surface area contributed by atoms with Crippen molar-refractivity contribution in [2.45, 2.75) is 44.8 Å². The lowest BCUT2D eigenvalue weighted by molar-refractivity contribution is 0.275. The van der Waals surface area contributed by atoms with Crippen molar-refractivity contribution in [1.29, 1.82) is 0 Å². The highest BCUT2D eigenvalue weighted by atomic mass is 19.1. The molecule has 1 aliphatic heterocycles. The molecule has 0 bridgehead atoms. The molecule has 2 aliphatic rings. The minimum Gasteiger partial charge on any atom is -0.392 e. The van der Waals surface area contributed by atoms with Gasteiger partial charge in [0.1, 0.15) is 0 Å². The lowest BCUT2D eigenvalue weighted by atomic mass is 9.92. The first-order valence-corrected chi connectivity index (χ1v) is 6.82. The zero-order valence-corrected chi connectivity index (χ0v) is 10.5. The van der Waals surface area contributed by atoms with E-state index in [2.05, 4.69) is 9.88 Å². The van der Waals surface area contributed by atoms with E-state index >= 15 is 0 Å². The second kappa shape index (κ2) is 4.84. The molecule has 1 aromatic heterocycles. The highest BCUT2D eigenvalue weighted by Crippen LogP contribution is 2.39. The summed E-state index contributed by atoms with van der Waals surface area (Å²) < 4.78 is 14.3. The molecule has 18 heavy (non-hydrogen) atoms. The van der Waals surface area contributed by atoms with E-state index < -0.39 is 0 Å². The van der Waals surface area contributed by atoms with Gasteiger partial charge in [0.25, 0.3) is 0 Å². The molecule has 1 aliphatic carbocycles. The van der Waals surface area contributed by atoms with Crippen molar-refractivity contribution < 1.29 is 9.50 Å². The maximum Gasteiger partial charge on any atom is 0.171 e. The van der Waals surface area contributed by atoms with Crippen molar-refractivity contribution in [3.63, 3.8) is 0 Å². The average Bonchev–Trinajstić information content (AvgIpc) is 2.87. The van der Waals surface area contributed by atoms with Crippen LogP contribution in [0.25, 0.3) is 0 Å². The van der Waals surface area contributed by atoms with Crippen LogP contribution in [-0.2, 0) is 6.61 Å². The van der Waals surface area contributed by atoms with Crippen LogP contribution in [0.5, 0.6) is 0 Å². The van der Waals surface area contributed by atoms with Crippen LogP contribution in [-0.4, -0.2) is 22.7 Å². The third-order valence-electron chi connectivity index (χ3n) is 4.39. The smallest absolute Gasteiger partial charge is 0.171 e. The number of rotatable bonds is 2. The van der Waals surface area contributed by atoms with E-state index in [0.29, 0.717) is 23.3 Å². The Hall–Kier alpha value is -1.16. The van der Waals surface area contributed by atoms with Gasteiger partial charge in [0.2, 0.25) is 0 Å². The molecule has 1 N–H and O–H groups in total. The first-order valence-electron chi connectivity index (χ1n) is 6.82. The number of halogens is 1. The Labute approximate surface area is 107 Å². The topological polar surface area (TPSA) is 36.4 Å². The van der Waals surface area contributed by atoms with Crippen LogP contribution in [0.1, 0.15) is 37.7 Å². The van der Waals surface area contributed by atoms with Gasteiger partial charge in [-0.2, -0.15) is 0 Å². The van der Waals surface area contributed by atoms with E-state index in [9.17, 15) is 4.39 Å². The van der Waals surface area contributed by atoms with Crippen molar-refractivity contribution in [1.82, 2.24) is 4.98 Å². The van der Waals surface area contributed by atoms with E-state index in [1.54, 1.807) is 12.3 Å². The summed E-state index contributed by atoms with van der Waals surface area (Å²) in [4.78, 5) is 6.35. The van der Waals surface area contributed by atoms with Crippen LogP contribution in [0.2, 0.25) is 0 Å². The van der Waals surface area contributed by atoms with Gasteiger partial charge < -0.3 is 10.0 Å². The molecule has 1 saturated heterocycles. The number of fused-ring (bicyclic) bond motifs is 1. The molecule has 0 amide bonds. The minimum absolute atomic E-state index is 0.261. The summed E-state index contributed by atoms with van der Waals surface area (Å²) >= 11 is 0. The monoisotopic (exact) mass is 250 g/mol. The Balaban J connectivity index is 1.93. The number of piperidine rings is 1. The number of pyridine rings is 1. The molecule has 2 fully saturated rings. The fourth-order valence-electron chi connectivity index (χ4n) is 3.51. The van der Waals surface area contributed by atoms with E-state index in [4.69, 9.17) is 5.11 Å². The lowest BCUT2D eigenvalue weighted by Crippen LogP contribution is -2.43. The molecule has 2 atom stereocenters. The number of hydrogen-bond acceptors (Lipinski definition) is 3. The molecule has 98 valence electrons. The Morgan fingerprint density at radius 3 is 3.00 bits per heavy atom. The summed E-state index contributed by atoms with van der Waals surface area (Å²) in [5, 5.41) is 9.14. The SMILES string of the molecule is OCc1ccnc(N2CCCC3CCCC32)c1F. The third kappa shape index (κ3) is 1.88. The Morgan fingerprint density at radius 1 is 1.33 bits per heavy atom. The van der Waals surface area contributed by atoms with Crippen LogP contribution in [0.4, 0.5) is 10.2 Å². The molecule has 0 spiro atoms. The van der Waals surface area contributed by atoms with Gasteiger partial charge in [-0.15, -0.1) is 0 Å². The normalized spacial score (nSPS) is 27.3. The average molecular weight is 250 g/mol. The van der Waals surface area contributed by atoms with Crippen molar-refractivity contribution >= 4 is 5.82 Å². The number of hydrogen-bond donors (Lipinski definition) is 1. The number of aliphatic hydroxyl groups is 1. The molecule has 4 heteroatoms. The van der Waals surface area contributed by atoms with Gasteiger partial charge in [0.05, 0.1) is 6.61 Å². The maximum atomic E-state index is 14.3. The second-order valence-corrected chi connectivity index (χ2v) is 5.36. The minimum atomic E-state index is -0.340. The van der Waals surface area contributed by atoms with Gasteiger partial charge in [-0.1, -0.05) is 6.42 Å². The molecule has 3 rings (SSSR count). The molecule has 0 aromatic carbocycles. The first-order chi connectivity index (χ1) is 8.81. The molecule has 0 radical (unpaired) electrons. The summed E-state index contributed by atoms with van der Waals surface area (Å²) in [5.41, 5.74) is 0.347. The van der Waals surface area contributed by atoms with E-state index in [1.807, 2.05) is 0 Å². The highest BCUT2D eigenvalue weighted by molar-refractivity contribution is 5.45. The van der Waals surface area contributed by atoms with E-state index in [-0.39, 0.29) is 12.4 Å². The summed E-state index contributed by atoms with van der Waals surface area (Å²) in [6.07, 6.45) is 7.64. The lowest BCUT2D eigenvalue weighted by Gasteiger charge is -2.38. The molecule has 1 saturated carbocycles. The zero-order chi connectivity index (χ0) is 12.5. The van der Waals surface area contributed by atoms with Crippen molar-refractivity contribution in [3.05, 3.63) is 23.6 Å². The zero-order valence-electron chi connectivity index (χ0n) is 10.5. The molecule has 2 heterocycles. The summed E-state index contributed by atoms with van der Waals surface area (Å²) in [7, 11) is 0. The van der Waals surface area contributed by atoms with Crippen LogP contribution >= 0.6 is 0 Å². The molecular formula is C14H19FN2O. The second-order valence-electron chi connectivity index (χ2n) is 5.36. The molecule has 2 unspecified atom stereocenters. The molecular weight excluding hydrogens is 231 g/mol. The Kier molecular flexibility index (Phi) is 3.20. The molecule has 3 nitrogen and oxygen atoms in total. The Morgan fingerprint density at radius 2 is 2.17 bits per heavy atom. The molecule has 1 aromatic rings. The predicted molar refractivity (Wildman–Crippen MR) is 67.8 cm³/mol. The summed E-state index contributed by atoms with van der Waals surface area (Å²) in [6.45, 7) is 0.628. The van der Waals surface area contributed by atoms with Crippen LogP contribution < -0.4 is 4.90 Å².